The van der Waals surface area contributed by atoms with E-state index in [-0.39, 0.29) is 11.8 Å². The average molecular weight is 656 g/mol. The molecule has 1 amide bonds. The molecule has 4 N–H and O–H groups in total. The van der Waals surface area contributed by atoms with E-state index < -0.39 is 0 Å². The van der Waals surface area contributed by atoms with E-state index in [1.165, 1.54) is 5.56 Å². The van der Waals surface area contributed by atoms with Gasteiger partial charge in [-0.25, -0.2) is 4.98 Å². The minimum atomic E-state index is 0.0906. The number of nitrogens with zero attached hydrogens (tertiary/aromatic N) is 4. The number of piperazine rings is 1. The van der Waals surface area contributed by atoms with Gasteiger partial charge in [-0.05, 0) is 79.3 Å². The number of carbonyl (C=O) groups excluding carboxylic acids is 2. The molecule has 2 atom stereocenters. The number of aryl methyl sites for hydroxylation is 1. The molecule has 0 aliphatic carbocycles. The zero-order chi connectivity index (χ0) is 33.6. The van der Waals surface area contributed by atoms with Crippen LogP contribution in [0.4, 0.5) is 21.7 Å². The van der Waals surface area contributed by atoms with Crippen molar-refractivity contribution < 1.29 is 23.8 Å². The van der Waals surface area contributed by atoms with Crippen molar-refractivity contribution in [3.8, 4) is 5.75 Å². The van der Waals surface area contributed by atoms with E-state index in [2.05, 4.69) is 56.7 Å². The Labute approximate surface area is 279 Å². The number of hydrogen-bond donors (Lipinski definition) is 3. The molecule has 2 aromatic rings. The Hall–Kier alpha value is -3.48. The van der Waals surface area contributed by atoms with Crippen LogP contribution in [0.25, 0.3) is 0 Å². The van der Waals surface area contributed by atoms with Gasteiger partial charge in [0.15, 0.2) is 0 Å². The van der Waals surface area contributed by atoms with Crippen molar-refractivity contribution in [2.24, 2.45) is 11.8 Å². The van der Waals surface area contributed by atoms with Crippen molar-refractivity contribution in [3.63, 3.8) is 0 Å². The lowest BCUT2D eigenvalue weighted by atomic mass is 9.94. The molecule has 3 aliphatic rings. The van der Waals surface area contributed by atoms with E-state index in [9.17, 15) is 14.1 Å². The number of halogens is 1. The number of nitrogens with one attached hydrogen (secondary N) is 2. The standard InChI is InChI=1S/C34H51N7O3.CH3FO/c1-3-4-7-33(43)41-16-14-40(15-17-41)30-20-27(19-29(21-30)38-35)26(11-18-42)24-39-13-10-25(23-39)8-9-28-22-32(44-2)31-6-5-12-36-34(31)37-28;1-3-2/h18-22,25-26,38H,3-17,23-24,35H2,1-2H3,(H,36,37);1H3/t25-,26-;/m1./s1. The number of aromatic nitrogens is 1. The second-order valence-corrected chi connectivity index (χ2v) is 12.8. The largest absolute Gasteiger partial charge is 0.496 e. The van der Waals surface area contributed by atoms with Gasteiger partial charge in [-0.3, -0.25) is 10.6 Å². The van der Waals surface area contributed by atoms with E-state index in [4.69, 9.17) is 15.6 Å². The number of fused-ring (bicyclic) bond motifs is 1. The molecule has 0 saturated carbocycles. The molecular weight excluding hydrogens is 601 g/mol. The number of unbranched alkanes of at least 4 members (excludes halogenated alkanes) is 1. The van der Waals surface area contributed by atoms with Crippen LogP contribution in [0.3, 0.4) is 0 Å². The van der Waals surface area contributed by atoms with Crippen LogP contribution in [-0.4, -0.2) is 93.6 Å². The maximum atomic E-state index is 12.5. The van der Waals surface area contributed by atoms with Gasteiger partial charge in [-0.15, -0.1) is 0 Å². The number of hydrogen-bond acceptors (Lipinski definition) is 10. The molecule has 260 valence electrons. The lowest BCUT2D eigenvalue weighted by Crippen LogP contribution is -2.48. The Kier molecular flexibility index (Phi) is 14.5. The predicted molar refractivity (Wildman–Crippen MR) is 185 cm³/mol. The van der Waals surface area contributed by atoms with Gasteiger partial charge in [-0.2, -0.15) is 4.94 Å². The summed E-state index contributed by atoms with van der Waals surface area (Å²) in [4.78, 5) is 38.9. The van der Waals surface area contributed by atoms with Gasteiger partial charge in [0.1, 0.15) is 17.9 Å². The molecule has 3 aliphatic heterocycles. The van der Waals surface area contributed by atoms with Crippen molar-refractivity contribution in [1.29, 1.82) is 0 Å². The lowest BCUT2D eigenvalue weighted by molar-refractivity contribution is -0.131. The molecule has 4 heterocycles. The monoisotopic (exact) mass is 655 g/mol. The topological polar surface area (TPSA) is 125 Å². The van der Waals surface area contributed by atoms with Gasteiger partial charge in [0.05, 0.1) is 19.9 Å². The second kappa shape index (κ2) is 18.8. The molecular formula is C35H54FN7O4. The number of ether oxygens (including phenoxy) is 1. The van der Waals surface area contributed by atoms with E-state index in [1.807, 2.05) is 4.90 Å². The van der Waals surface area contributed by atoms with Gasteiger partial charge >= 0.3 is 0 Å². The van der Waals surface area contributed by atoms with E-state index in [0.717, 1.165) is 145 Å². The van der Waals surface area contributed by atoms with Crippen LogP contribution in [0.2, 0.25) is 0 Å². The number of rotatable bonds is 14. The number of amides is 1. The first-order valence-electron chi connectivity index (χ1n) is 17.2. The molecule has 0 bridgehead atoms. The number of benzene rings is 1. The molecule has 11 nitrogen and oxygen atoms in total. The summed E-state index contributed by atoms with van der Waals surface area (Å²) in [5.74, 6) is 8.80. The van der Waals surface area contributed by atoms with Crippen molar-refractivity contribution in [3.05, 3.63) is 41.1 Å². The Morgan fingerprint density at radius 1 is 1.19 bits per heavy atom. The number of pyridine rings is 1. The summed E-state index contributed by atoms with van der Waals surface area (Å²) in [6, 6.07) is 8.50. The molecule has 1 aromatic heterocycles. The third kappa shape index (κ3) is 10.3. The third-order valence-electron chi connectivity index (χ3n) is 9.61. The van der Waals surface area contributed by atoms with Crippen LogP contribution in [0.5, 0.6) is 5.75 Å². The van der Waals surface area contributed by atoms with E-state index >= 15 is 0 Å². The first-order chi connectivity index (χ1) is 22.9. The molecule has 0 radical (unpaired) electrons. The molecule has 12 heteroatoms. The molecule has 5 rings (SSSR count). The van der Waals surface area contributed by atoms with Crippen LogP contribution in [0.1, 0.15) is 74.6 Å². The number of hydrazine groups is 1. The van der Waals surface area contributed by atoms with Crippen molar-refractivity contribution in [2.45, 2.75) is 70.6 Å². The fraction of sp³-hybridized carbons (Fsp3) is 0.629. The Balaban J connectivity index is 0.00000160. The average Bonchev–Trinajstić information content (AvgIpc) is 3.56. The van der Waals surface area contributed by atoms with Gasteiger partial charge in [-0.1, -0.05) is 13.3 Å². The maximum Gasteiger partial charge on any atom is 0.222 e. The summed E-state index contributed by atoms with van der Waals surface area (Å²) >= 11 is 0. The zero-order valence-corrected chi connectivity index (χ0v) is 28.4. The fourth-order valence-electron chi connectivity index (χ4n) is 7.02. The zero-order valence-electron chi connectivity index (χ0n) is 28.4. The van der Waals surface area contributed by atoms with Gasteiger partial charge in [0, 0.05) is 87.6 Å². The number of likely N-dealkylation sites (tertiary alicyclic amines) is 1. The van der Waals surface area contributed by atoms with E-state index in [0.29, 0.717) is 18.8 Å². The molecule has 2 fully saturated rings. The minimum Gasteiger partial charge on any atom is -0.496 e. The first-order valence-corrected chi connectivity index (χ1v) is 17.2. The number of carbonyl (C=O) groups is 2. The molecule has 0 unspecified atom stereocenters. The molecule has 1 aromatic carbocycles. The summed E-state index contributed by atoms with van der Waals surface area (Å²) in [7, 11) is 2.71. The van der Waals surface area contributed by atoms with Crippen LogP contribution >= 0.6 is 0 Å². The number of nitrogen functional groups attached to an aromatic ring is 1. The Morgan fingerprint density at radius 2 is 1.98 bits per heavy atom. The number of aldehydes is 1. The third-order valence-corrected chi connectivity index (χ3v) is 9.61. The lowest BCUT2D eigenvalue weighted by Gasteiger charge is -2.37. The predicted octanol–water partition coefficient (Wildman–Crippen LogP) is 4.72. The van der Waals surface area contributed by atoms with Crippen LogP contribution in [0.15, 0.2) is 24.3 Å². The summed E-state index contributed by atoms with van der Waals surface area (Å²) < 4.78 is 15.5. The van der Waals surface area contributed by atoms with Crippen LogP contribution in [-0.2, 0) is 27.4 Å². The van der Waals surface area contributed by atoms with Crippen molar-refractivity contribution in [2.75, 3.05) is 82.2 Å². The highest BCUT2D eigenvalue weighted by atomic mass is 19.3. The quantitative estimate of drug-likeness (QED) is 0.150. The maximum absolute atomic E-state index is 12.5. The molecule has 47 heavy (non-hydrogen) atoms. The summed E-state index contributed by atoms with van der Waals surface area (Å²) in [6.45, 7) is 9.04. The first kappa shape index (κ1) is 36.4. The number of anilines is 3. The van der Waals surface area contributed by atoms with Gasteiger partial charge in [0.2, 0.25) is 5.91 Å². The summed E-state index contributed by atoms with van der Waals surface area (Å²) in [5.41, 5.74) is 8.20. The number of methoxy groups -OCH3 is 1. The van der Waals surface area contributed by atoms with E-state index in [1.54, 1.807) is 7.11 Å². The molecule has 2 saturated heterocycles. The van der Waals surface area contributed by atoms with Crippen LogP contribution in [0, 0.1) is 5.92 Å². The van der Waals surface area contributed by atoms with Gasteiger partial charge in [0.25, 0.3) is 0 Å². The summed E-state index contributed by atoms with van der Waals surface area (Å²) in [5, 5.41) is 3.45. The second-order valence-electron chi connectivity index (χ2n) is 12.8. The van der Waals surface area contributed by atoms with Crippen molar-refractivity contribution in [1.82, 2.24) is 14.8 Å². The Morgan fingerprint density at radius 3 is 2.68 bits per heavy atom. The molecule has 0 spiro atoms. The fourth-order valence-corrected chi connectivity index (χ4v) is 7.02. The summed E-state index contributed by atoms with van der Waals surface area (Å²) in [6.07, 6.45) is 9.44. The SMILES string of the molecule is CCCCC(=O)N1CCN(c2cc(NN)cc([C@H](CC=O)CN3CC[C@@H](CCc4cc(OC)c5c(n4)NCCC5)C3)c2)CC1.COF. The normalized spacial score (nSPS) is 18.4. The smallest absolute Gasteiger partial charge is 0.222 e. The van der Waals surface area contributed by atoms with Crippen molar-refractivity contribution >= 4 is 29.4 Å². The number of nitrogens with two attached hydrogens (primary N) is 1. The highest BCUT2D eigenvalue weighted by Gasteiger charge is 2.27. The van der Waals surface area contributed by atoms with Crippen LogP contribution < -0.4 is 26.2 Å². The highest BCUT2D eigenvalue weighted by molar-refractivity contribution is 5.76. The Bertz CT molecular complexity index is 1270. The minimum absolute atomic E-state index is 0.0906. The highest BCUT2D eigenvalue weighted by Crippen LogP contribution is 2.33. The van der Waals surface area contributed by atoms with Gasteiger partial charge < -0.3 is 35.0 Å².